The largest absolute Gasteiger partial charge is 0.378 e. The number of carbonyl (C=O) groups excluding carboxylic acids is 1. The molecule has 1 aliphatic rings. The fourth-order valence-corrected chi connectivity index (χ4v) is 2.26. The van der Waals surface area contributed by atoms with Gasteiger partial charge in [0.25, 0.3) is 5.91 Å². The van der Waals surface area contributed by atoms with Crippen LogP contribution in [0.2, 0.25) is 0 Å². The Morgan fingerprint density at radius 1 is 1.57 bits per heavy atom. The van der Waals surface area contributed by atoms with E-state index in [9.17, 15) is 4.79 Å². The van der Waals surface area contributed by atoms with Gasteiger partial charge in [-0.05, 0) is 15.9 Å². The van der Waals surface area contributed by atoms with Crippen LogP contribution in [0.3, 0.4) is 0 Å². The van der Waals surface area contributed by atoms with Gasteiger partial charge in [0.2, 0.25) is 0 Å². The molecular formula is C8H9BrN2O2S. The summed E-state index contributed by atoms with van der Waals surface area (Å²) in [5.41, 5.74) is 0.517. The van der Waals surface area contributed by atoms with E-state index in [1.54, 1.807) is 10.3 Å². The van der Waals surface area contributed by atoms with Gasteiger partial charge in [0.15, 0.2) is 3.92 Å². The molecule has 1 fully saturated rings. The molecule has 2 rings (SSSR count). The molecule has 2 heterocycles. The van der Waals surface area contributed by atoms with E-state index in [4.69, 9.17) is 4.74 Å². The Labute approximate surface area is 94.0 Å². The molecule has 4 nitrogen and oxygen atoms in total. The summed E-state index contributed by atoms with van der Waals surface area (Å²) in [5, 5.41) is 1.77. The van der Waals surface area contributed by atoms with Gasteiger partial charge >= 0.3 is 0 Å². The maximum atomic E-state index is 11.8. The molecule has 1 amide bonds. The van der Waals surface area contributed by atoms with E-state index in [0.29, 0.717) is 32.0 Å². The Kier molecular flexibility index (Phi) is 3.15. The predicted octanol–water partition coefficient (Wildman–Crippen LogP) is 1.38. The third-order valence-electron chi connectivity index (χ3n) is 1.99. The molecule has 0 radical (unpaired) electrons. The Hall–Kier alpha value is -0.460. The number of rotatable bonds is 1. The summed E-state index contributed by atoms with van der Waals surface area (Å²) < 4.78 is 5.91. The molecule has 1 aromatic rings. The number of amides is 1. The van der Waals surface area contributed by atoms with Gasteiger partial charge in [-0.2, -0.15) is 0 Å². The molecule has 1 saturated heterocycles. The minimum Gasteiger partial charge on any atom is -0.378 e. The molecule has 0 unspecified atom stereocenters. The lowest BCUT2D eigenvalue weighted by Crippen LogP contribution is -2.40. The Balaban J connectivity index is 2.07. The van der Waals surface area contributed by atoms with E-state index >= 15 is 0 Å². The van der Waals surface area contributed by atoms with Gasteiger partial charge in [0.1, 0.15) is 5.69 Å². The number of nitrogens with zero attached hydrogens (tertiary/aromatic N) is 2. The second-order valence-corrected chi connectivity index (χ2v) is 5.02. The molecule has 1 aliphatic heterocycles. The van der Waals surface area contributed by atoms with Crippen molar-refractivity contribution >= 4 is 33.2 Å². The topological polar surface area (TPSA) is 42.4 Å². The monoisotopic (exact) mass is 276 g/mol. The van der Waals surface area contributed by atoms with E-state index in [1.165, 1.54) is 11.3 Å². The van der Waals surface area contributed by atoms with Crippen molar-refractivity contribution in [3.8, 4) is 0 Å². The van der Waals surface area contributed by atoms with Crippen molar-refractivity contribution in [2.24, 2.45) is 0 Å². The van der Waals surface area contributed by atoms with Crippen LogP contribution in [0.15, 0.2) is 9.30 Å². The SMILES string of the molecule is O=C(c1csc(Br)n1)N1CCOCC1. The molecule has 0 spiro atoms. The molecule has 0 N–H and O–H groups in total. The van der Waals surface area contributed by atoms with Crippen molar-refractivity contribution in [2.45, 2.75) is 0 Å². The Morgan fingerprint density at radius 3 is 2.86 bits per heavy atom. The fourth-order valence-electron chi connectivity index (χ4n) is 1.28. The first-order valence-electron chi connectivity index (χ1n) is 4.25. The summed E-state index contributed by atoms with van der Waals surface area (Å²) in [4.78, 5) is 17.7. The highest BCUT2D eigenvalue weighted by Gasteiger charge is 2.20. The number of morpholine rings is 1. The molecule has 0 atom stereocenters. The molecule has 6 heteroatoms. The number of hydrogen-bond acceptors (Lipinski definition) is 4. The van der Waals surface area contributed by atoms with Crippen molar-refractivity contribution < 1.29 is 9.53 Å². The van der Waals surface area contributed by atoms with Crippen LogP contribution in [0.1, 0.15) is 10.5 Å². The number of aromatic nitrogens is 1. The van der Waals surface area contributed by atoms with Crippen molar-refractivity contribution in [3.05, 3.63) is 15.0 Å². The molecule has 1 aromatic heterocycles. The number of ether oxygens (including phenoxy) is 1. The third-order valence-corrected chi connectivity index (χ3v) is 3.36. The first-order valence-corrected chi connectivity index (χ1v) is 5.92. The highest BCUT2D eigenvalue weighted by molar-refractivity contribution is 9.11. The standard InChI is InChI=1S/C8H9BrN2O2S/c9-8-10-6(5-14-8)7(12)11-1-3-13-4-2-11/h5H,1-4H2. The van der Waals surface area contributed by atoms with Crippen LogP contribution in [-0.2, 0) is 4.74 Å². The van der Waals surface area contributed by atoms with Crippen LogP contribution in [0, 0.1) is 0 Å². The summed E-state index contributed by atoms with van der Waals surface area (Å²) in [6, 6.07) is 0. The van der Waals surface area contributed by atoms with E-state index in [-0.39, 0.29) is 5.91 Å². The highest BCUT2D eigenvalue weighted by atomic mass is 79.9. The lowest BCUT2D eigenvalue weighted by Gasteiger charge is -2.25. The average Bonchev–Trinajstić information content (AvgIpc) is 2.65. The van der Waals surface area contributed by atoms with Gasteiger partial charge in [0, 0.05) is 18.5 Å². The molecule has 76 valence electrons. The zero-order valence-corrected chi connectivity index (χ0v) is 9.81. The molecule has 0 bridgehead atoms. The lowest BCUT2D eigenvalue weighted by atomic mass is 10.3. The summed E-state index contributed by atoms with van der Waals surface area (Å²) in [7, 11) is 0. The van der Waals surface area contributed by atoms with E-state index in [1.807, 2.05) is 0 Å². The summed E-state index contributed by atoms with van der Waals surface area (Å²) in [6.45, 7) is 2.57. The Bertz CT molecular complexity index is 336. The number of hydrogen-bond donors (Lipinski definition) is 0. The second-order valence-electron chi connectivity index (χ2n) is 2.89. The van der Waals surface area contributed by atoms with Crippen molar-refractivity contribution in [3.63, 3.8) is 0 Å². The number of carbonyl (C=O) groups is 1. The highest BCUT2D eigenvalue weighted by Crippen LogP contribution is 2.17. The lowest BCUT2D eigenvalue weighted by molar-refractivity contribution is 0.0299. The van der Waals surface area contributed by atoms with Crippen LogP contribution < -0.4 is 0 Å². The van der Waals surface area contributed by atoms with Gasteiger partial charge in [-0.3, -0.25) is 4.79 Å². The van der Waals surface area contributed by atoms with Gasteiger partial charge in [-0.1, -0.05) is 0 Å². The molecule has 14 heavy (non-hydrogen) atoms. The quantitative estimate of drug-likeness (QED) is 0.778. The molecule has 0 aromatic carbocycles. The number of halogens is 1. The maximum absolute atomic E-state index is 11.8. The maximum Gasteiger partial charge on any atom is 0.273 e. The van der Waals surface area contributed by atoms with Crippen LogP contribution in [0.5, 0.6) is 0 Å². The van der Waals surface area contributed by atoms with Crippen LogP contribution in [0.25, 0.3) is 0 Å². The molecule has 0 saturated carbocycles. The number of thiazole rings is 1. The normalized spacial score (nSPS) is 17.1. The van der Waals surface area contributed by atoms with E-state index in [0.717, 1.165) is 3.92 Å². The van der Waals surface area contributed by atoms with Crippen molar-refractivity contribution in [1.29, 1.82) is 0 Å². The van der Waals surface area contributed by atoms with E-state index in [2.05, 4.69) is 20.9 Å². The average molecular weight is 277 g/mol. The van der Waals surface area contributed by atoms with Crippen LogP contribution >= 0.6 is 27.3 Å². The smallest absolute Gasteiger partial charge is 0.273 e. The molecule has 0 aliphatic carbocycles. The van der Waals surface area contributed by atoms with Crippen molar-refractivity contribution in [1.82, 2.24) is 9.88 Å². The molecular weight excluding hydrogens is 268 g/mol. The van der Waals surface area contributed by atoms with Crippen molar-refractivity contribution in [2.75, 3.05) is 26.3 Å². The summed E-state index contributed by atoms with van der Waals surface area (Å²) in [5.74, 6) is -0.00440. The van der Waals surface area contributed by atoms with E-state index < -0.39 is 0 Å². The zero-order chi connectivity index (χ0) is 9.97. The first kappa shape index (κ1) is 10.1. The minimum atomic E-state index is -0.00440. The third kappa shape index (κ3) is 2.13. The predicted molar refractivity (Wildman–Crippen MR) is 56.5 cm³/mol. The Morgan fingerprint density at radius 2 is 2.29 bits per heavy atom. The second kappa shape index (κ2) is 4.37. The minimum absolute atomic E-state index is 0.00440. The summed E-state index contributed by atoms with van der Waals surface area (Å²) >= 11 is 4.66. The zero-order valence-electron chi connectivity index (χ0n) is 7.40. The van der Waals surface area contributed by atoms with Gasteiger partial charge < -0.3 is 9.64 Å². The van der Waals surface area contributed by atoms with Gasteiger partial charge in [-0.25, -0.2) is 4.98 Å². The van der Waals surface area contributed by atoms with Gasteiger partial charge in [-0.15, -0.1) is 11.3 Å². The first-order chi connectivity index (χ1) is 6.77. The van der Waals surface area contributed by atoms with Gasteiger partial charge in [0.05, 0.1) is 13.2 Å². The fraction of sp³-hybridized carbons (Fsp3) is 0.500. The van der Waals surface area contributed by atoms with Crippen LogP contribution in [-0.4, -0.2) is 42.1 Å². The summed E-state index contributed by atoms with van der Waals surface area (Å²) in [6.07, 6.45) is 0. The van der Waals surface area contributed by atoms with Crippen LogP contribution in [0.4, 0.5) is 0 Å².